The number of rotatable bonds is 10. The molecule has 4 rings (SSSR count). The van der Waals surface area contributed by atoms with Crippen molar-refractivity contribution < 1.29 is 8.81 Å². The third-order valence-electron chi connectivity index (χ3n) is 7.76. The molecule has 1 aliphatic carbocycles. The summed E-state index contributed by atoms with van der Waals surface area (Å²) in [5, 5.41) is 2.08. The van der Waals surface area contributed by atoms with Crippen molar-refractivity contribution >= 4 is 21.7 Å². The highest BCUT2D eigenvalue weighted by Gasteiger charge is 2.23. The highest BCUT2D eigenvalue weighted by atomic mass is 19.1. The van der Waals surface area contributed by atoms with Gasteiger partial charge in [-0.15, -0.1) is 0 Å². The minimum atomic E-state index is -0.422. The maximum atomic E-state index is 15.2. The van der Waals surface area contributed by atoms with Crippen LogP contribution in [-0.4, -0.2) is 0 Å². The molecule has 1 aromatic heterocycles. The van der Waals surface area contributed by atoms with E-state index in [1.54, 1.807) is 0 Å². The molecule has 178 valence electrons. The van der Waals surface area contributed by atoms with E-state index in [0.29, 0.717) is 28.7 Å². The molecule has 0 atom stereocenters. The Bertz CT molecular complexity index is 1120. The molecule has 0 N–H and O–H groups in total. The molecular formula is C30H39FO2. The molecule has 0 spiro atoms. The summed E-state index contributed by atoms with van der Waals surface area (Å²) in [5.74, 6) is 1.00. The monoisotopic (exact) mass is 450 g/mol. The van der Waals surface area contributed by atoms with Crippen LogP contribution in [0.15, 0.2) is 39.5 Å². The summed E-state index contributed by atoms with van der Waals surface area (Å²) in [7, 11) is 0. The predicted octanol–water partition coefficient (Wildman–Crippen LogP) is 9.06. The molecule has 2 nitrogen and oxygen atoms in total. The van der Waals surface area contributed by atoms with Crippen molar-refractivity contribution in [1.29, 1.82) is 0 Å². The van der Waals surface area contributed by atoms with E-state index < -0.39 is 5.63 Å². The van der Waals surface area contributed by atoms with Crippen LogP contribution in [-0.2, 0) is 6.42 Å². The second kappa shape index (κ2) is 11.3. The fraction of sp³-hybridized carbons (Fsp3) is 0.567. The Morgan fingerprint density at radius 1 is 0.848 bits per heavy atom. The lowest BCUT2D eigenvalue weighted by Crippen LogP contribution is -2.14. The molecule has 33 heavy (non-hydrogen) atoms. The van der Waals surface area contributed by atoms with E-state index in [1.165, 1.54) is 56.9 Å². The van der Waals surface area contributed by atoms with Crippen LogP contribution in [0, 0.1) is 11.7 Å². The van der Waals surface area contributed by atoms with Gasteiger partial charge >= 0.3 is 5.63 Å². The summed E-state index contributed by atoms with van der Waals surface area (Å²) >= 11 is 0. The second-order valence-corrected chi connectivity index (χ2v) is 10.1. The van der Waals surface area contributed by atoms with Gasteiger partial charge in [-0.3, -0.25) is 0 Å². The number of halogens is 1. The Hall–Kier alpha value is -2.16. The van der Waals surface area contributed by atoms with Crippen LogP contribution in [0.3, 0.4) is 0 Å². The van der Waals surface area contributed by atoms with Crippen molar-refractivity contribution in [3.63, 3.8) is 0 Å². The zero-order valence-electron chi connectivity index (χ0n) is 20.4. The van der Waals surface area contributed by atoms with Crippen LogP contribution in [0.2, 0.25) is 0 Å². The average molecular weight is 451 g/mol. The smallest absolute Gasteiger partial charge is 0.344 e. The van der Waals surface area contributed by atoms with Gasteiger partial charge in [0.05, 0.1) is 5.39 Å². The number of unbranched alkanes of at least 4 members (excludes halogenated alkanes) is 5. The first-order valence-corrected chi connectivity index (χ1v) is 13.3. The van der Waals surface area contributed by atoms with Crippen molar-refractivity contribution in [2.45, 2.75) is 103 Å². The van der Waals surface area contributed by atoms with E-state index >= 15 is 4.39 Å². The quantitative estimate of drug-likeness (QED) is 0.175. The molecule has 3 heteroatoms. The maximum absolute atomic E-state index is 15.2. The lowest BCUT2D eigenvalue weighted by molar-refractivity contribution is 0.303. The Labute approximate surface area is 197 Å². The first-order valence-electron chi connectivity index (χ1n) is 13.3. The predicted molar refractivity (Wildman–Crippen MR) is 137 cm³/mol. The summed E-state index contributed by atoms with van der Waals surface area (Å²) < 4.78 is 20.7. The highest BCUT2D eigenvalue weighted by Crippen LogP contribution is 2.39. The van der Waals surface area contributed by atoms with Crippen LogP contribution < -0.4 is 5.63 Å². The SMILES string of the molecule is CCCCCCc1ccc2c(oc(=O)c3cc(C4CCC(CCCCC)CC4)ccc32)c1F. The van der Waals surface area contributed by atoms with Crippen LogP contribution in [0.4, 0.5) is 4.39 Å². The second-order valence-electron chi connectivity index (χ2n) is 10.1. The summed E-state index contributed by atoms with van der Waals surface area (Å²) in [5.41, 5.74) is 1.57. The van der Waals surface area contributed by atoms with E-state index in [4.69, 9.17) is 4.42 Å². The van der Waals surface area contributed by atoms with Crippen molar-refractivity contribution in [3.8, 4) is 0 Å². The van der Waals surface area contributed by atoms with E-state index in [1.807, 2.05) is 24.3 Å². The summed E-state index contributed by atoms with van der Waals surface area (Å²) in [6.45, 7) is 4.43. The van der Waals surface area contributed by atoms with Gasteiger partial charge in [0.1, 0.15) is 0 Å². The van der Waals surface area contributed by atoms with Gasteiger partial charge in [0, 0.05) is 10.8 Å². The highest BCUT2D eigenvalue weighted by molar-refractivity contribution is 6.04. The summed E-state index contributed by atoms with van der Waals surface area (Å²) in [4.78, 5) is 12.9. The summed E-state index contributed by atoms with van der Waals surface area (Å²) in [6.07, 6.45) is 15.3. The standard InChI is InChI=1S/C30H39FO2/c1-3-5-7-9-11-23-16-19-26-25-18-17-24(20-27(25)30(32)33-29(26)28(23)31)22-14-12-21(13-15-22)10-8-6-4-2/h16-22H,3-15H2,1-2H3. The molecule has 1 fully saturated rings. The topological polar surface area (TPSA) is 30.2 Å². The van der Waals surface area contributed by atoms with Gasteiger partial charge in [0.15, 0.2) is 11.4 Å². The number of hydrogen-bond donors (Lipinski definition) is 0. The molecule has 3 aromatic rings. The Balaban J connectivity index is 1.54. The van der Waals surface area contributed by atoms with E-state index in [-0.39, 0.29) is 11.4 Å². The molecule has 1 aliphatic rings. The molecule has 0 aliphatic heterocycles. The van der Waals surface area contributed by atoms with Crippen LogP contribution in [0.1, 0.15) is 108 Å². The lowest BCUT2D eigenvalue weighted by atomic mass is 9.77. The molecule has 0 bridgehead atoms. The molecule has 1 saturated carbocycles. The largest absolute Gasteiger partial charge is 0.419 e. The normalized spacial score (nSPS) is 18.9. The van der Waals surface area contributed by atoms with Crippen LogP contribution in [0.5, 0.6) is 0 Å². The average Bonchev–Trinajstić information content (AvgIpc) is 2.84. The molecule has 0 saturated heterocycles. The van der Waals surface area contributed by atoms with E-state index in [9.17, 15) is 4.79 Å². The van der Waals surface area contributed by atoms with Gasteiger partial charge < -0.3 is 4.42 Å². The molecule has 2 aromatic carbocycles. The fourth-order valence-electron chi connectivity index (χ4n) is 5.68. The molecule has 0 amide bonds. The Kier molecular flexibility index (Phi) is 8.22. The maximum Gasteiger partial charge on any atom is 0.344 e. The van der Waals surface area contributed by atoms with Gasteiger partial charge in [0.2, 0.25) is 0 Å². The minimum Gasteiger partial charge on any atom is -0.419 e. The third kappa shape index (κ3) is 5.50. The fourth-order valence-corrected chi connectivity index (χ4v) is 5.68. The minimum absolute atomic E-state index is 0.112. The van der Waals surface area contributed by atoms with Crippen molar-refractivity contribution in [2.24, 2.45) is 5.92 Å². The zero-order valence-corrected chi connectivity index (χ0v) is 20.4. The Morgan fingerprint density at radius 3 is 2.33 bits per heavy atom. The van der Waals surface area contributed by atoms with Gasteiger partial charge in [-0.1, -0.05) is 83.1 Å². The van der Waals surface area contributed by atoms with Crippen molar-refractivity contribution in [1.82, 2.24) is 0 Å². The first-order chi connectivity index (χ1) is 16.1. The molecular weight excluding hydrogens is 411 g/mol. The van der Waals surface area contributed by atoms with E-state index in [0.717, 1.165) is 37.0 Å². The van der Waals surface area contributed by atoms with Crippen molar-refractivity contribution in [3.05, 3.63) is 57.7 Å². The van der Waals surface area contributed by atoms with Crippen LogP contribution in [0.25, 0.3) is 21.7 Å². The molecule has 1 heterocycles. The number of hydrogen-bond acceptors (Lipinski definition) is 2. The lowest BCUT2D eigenvalue weighted by Gasteiger charge is -2.29. The zero-order chi connectivity index (χ0) is 23.2. The van der Waals surface area contributed by atoms with Gasteiger partial charge in [-0.25, -0.2) is 9.18 Å². The number of benzene rings is 2. The number of aryl methyl sites for hydroxylation is 1. The number of fused-ring (bicyclic) bond motifs is 3. The van der Waals surface area contributed by atoms with E-state index in [2.05, 4.69) is 19.9 Å². The molecule has 0 radical (unpaired) electrons. The van der Waals surface area contributed by atoms with Crippen LogP contribution >= 0.6 is 0 Å². The van der Waals surface area contributed by atoms with Gasteiger partial charge in [-0.05, 0) is 67.6 Å². The summed E-state index contributed by atoms with van der Waals surface area (Å²) in [6, 6.07) is 9.98. The third-order valence-corrected chi connectivity index (χ3v) is 7.76. The van der Waals surface area contributed by atoms with Crippen molar-refractivity contribution in [2.75, 3.05) is 0 Å². The van der Waals surface area contributed by atoms with Gasteiger partial charge in [-0.2, -0.15) is 0 Å². The van der Waals surface area contributed by atoms with Gasteiger partial charge in [0.25, 0.3) is 0 Å². The Morgan fingerprint density at radius 2 is 1.58 bits per heavy atom. The first kappa shape index (κ1) is 24.0. The molecule has 0 unspecified atom stereocenters.